The molecule has 2 saturated carbocycles. The number of allylic oxidation sites excluding steroid dienone is 4. The topological polar surface area (TPSA) is 27.7 Å². The normalized spacial score (nSPS) is 36.6. The molecular formula is C24H30O3. The van der Waals surface area contributed by atoms with Crippen LogP contribution in [0.1, 0.15) is 37.5 Å². The second kappa shape index (κ2) is 7.44. The smallest absolute Gasteiger partial charge is 0.183 e. The molecule has 0 spiro atoms. The zero-order valence-electron chi connectivity index (χ0n) is 16.1. The highest BCUT2D eigenvalue weighted by Crippen LogP contribution is 2.45. The van der Waals surface area contributed by atoms with E-state index in [4.69, 9.17) is 14.2 Å². The molecule has 0 saturated heterocycles. The standard InChI is InChI=1S/C24H30O3/c1-25-23-8-6-18(7-9-23)24(26-14-21-12-16-2-4-19(21)10-16)27-15-22-13-17-3-5-20(22)11-17/h2-9,16-17,19-22,24H,10-15H2,1H3/t16-,17-,19-,20-,21-,22+,24?/m0/s1. The van der Waals surface area contributed by atoms with Gasteiger partial charge in [-0.25, -0.2) is 0 Å². The van der Waals surface area contributed by atoms with E-state index in [2.05, 4.69) is 36.4 Å². The van der Waals surface area contributed by atoms with Crippen molar-refractivity contribution in [3.05, 3.63) is 54.1 Å². The van der Waals surface area contributed by atoms with Crippen LogP contribution in [0.4, 0.5) is 0 Å². The number of hydrogen-bond acceptors (Lipinski definition) is 3. The largest absolute Gasteiger partial charge is 0.497 e. The van der Waals surface area contributed by atoms with Gasteiger partial charge in [-0.15, -0.1) is 0 Å². The molecular weight excluding hydrogens is 336 g/mol. The summed E-state index contributed by atoms with van der Waals surface area (Å²) in [6.45, 7) is 1.58. The average molecular weight is 367 g/mol. The van der Waals surface area contributed by atoms with E-state index in [-0.39, 0.29) is 6.29 Å². The van der Waals surface area contributed by atoms with Gasteiger partial charge in [0.25, 0.3) is 0 Å². The summed E-state index contributed by atoms with van der Waals surface area (Å²) in [6, 6.07) is 8.14. The maximum atomic E-state index is 6.36. The fraction of sp³-hybridized carbons (Fsp3) is 0.583. The molecule has 0 heterocycles. The Morgan fingerprint density at radius 3 is 1.74 bits per heavy atom. The average Bonchev–Trinajstić information content (AvgIpc) is 3.49. The van der Waals surface area contributed by atoms with Crippen LogP contribution < -0.4 is 4.74 Å². The third kappa shape index (κ3) is 3.60. The van der Waals surface area contributed by atoms with Crippen molar-refractivity contribution in [2.45, 2.75) is 32.0 Å². The summed E-state index contributed by atoms with van der Waals surface area (Å²) < 4.78 is 18.0. The number of methoxy groups -OCH3 is 1. The molecule has 1 unspecified atom stereocenters. The SMILES string of the molecule is COc1ccc(C(OC[C@@H]2C[C@H]3C=C[C@H]2C3)OC[C@H]2C[C@H]3C=C[C@H]2C3)cc1. The van der Waals surface area contributed by atoms with Crippen LogP contribution in [0.2, 0.25) is 0 Å². The number of fused-ring (bicyclic) bond motifs is 4. The van der Waals surface area contributed by atoms with Gasteiger partial charge in [0.05, 0.1) is 20.3 Å². The predicted octanol–water partition coefficient (Wildman–Crippen LogP) is 5.15. The summed E-state index contributed by atoms with van der Waals surface area (Å²) in [4.78, 5) is 0. The molecule has 0 aliphatic heterocycles. The summed E-state index contributed by atoms with van der Waals surface area (Å²) in [5.74, 6) is 5.15. The van der Waals surface area contributed by atoms with E-state index >= 15 is 0 Å². The van der Waals surface area contributed by atoms with E-state index in [0.29, 0.717) is 23.7 Å². The molecule has 2 fully saturated rings. The van der Waals surface area contributed by atoms with Crippen LogP contribution in [0, 0.1) is 35.5 Å². The first-order valence-electron chi connectivity index (χ1n) is 10.5. The van der Waals surface area contributed by atoms with Crippen LogP contribution in [-0.4, -0.2) is 20.3 Å². The fourth-order valence-corrected chi connectivity index (χ4v) is 5.60. The summed E-state index contributed by atoms with van der Waals surface area (Å²) in [7, 11) is 1.70. The Morgan fingerprint density at radius 2 is 1.33 bits per heavy atom. The lowest BCUT2D eigenvalue weighted by Gasteiger charge is -2.26. The van der Waals surface area contributed by atoms with Gasteiger partial charge in [0.2, 0.25) is 0 Å². The van der Waals surface area contributed by atoms with Gasteiger partial charge in [-0.1, -0.05) is 36.4 Å². The minimum atomic E-state index is -0.276. The van der Waals surface area contributed by atoms with Gasteiger partial charge in [0, 0.05) is 5.56 Å². The van der Waals surface area contributed by atoms with Crippen molar-refractivity contribution in [3.8, 4) is 5.75 Å². The van der Waals surface area contributed by atoms with Crippen molar-refractivity contribution >= 4 is 0 Å². The molecule has 0 aromatic heterocycles. The van der Waals surface area contributed by atoms with E-state index in [0.717, 1.165) is 36.4 Å². The molecule has 27 heavy (non-hydrogen) atoms. The second-order valence-corrected chi connectivity index (χ2v) is 8.85. The Hall–Kier alpha value is -1.58. The zero-order chi connectivity index (χ0) is 18.2. The van der Waals surface area contributed by atoms with Crippen molar-refractivity contribution in [3.63, 3.8) is 0 Å². The molecule has 4 bridgehead atoms. The van der Waals surface area contributed by atoms with Crippen molar-refractivity contribution in [2.24, 2.45) is 35.5 Å². The predicted molar refractivity (Wildman–Crippen MR) is 105 cm³/mol. The summed E-state index contributed by atoms with van der Waals surface area (Å²) in [5, 5.41) is 0. The molecule has 1 aromatic carbocycles. The Bertz CT molecular complexity index is 669. The highest BCUT2D eigenvalue weighted by atomic mass is 16.7. The van der Waals surface area contributed by atoms with E-state index < -0.39 is 0 Å². The molecule has 4 aliphatic rings. The van der Waals surface area contributed by atoms with Gasteiger partial charge < -0.3 is 14.2 Å². The molecule has 0 N–H and O–H groups in total. The van der Waals surface area contributed by atoms with Gasteiger partial charge in [-0.2, -0.15) is 0 Å². The molecule has 3 heteroatoms. The molecule has 0 amide bonds. The quantitative estimate of drug-likeness (QED) is 0.470. The third-order valence-corrected chi connectivity index (χ3v) is 7.14. The van der Waals surface area contributed by atoms with Crippen molar-refractivity contribution < 1.29 is 14.2 Å². The lowest BCUT2D eigenvalue weighted by Crippen LogP contribution is -2.21. The minimum Gasteiger partial charge on any atom is -0.497 e. The molecule has 7 atom stereocenters. The van der Waals surface area contributed by atoms with Crippen LogP contribution in [0.5, 0.6) is 5.75 Å². The third-order valence-electron chi connectivity index (χ3n) is 7.14. The van der Waals surface area contributed by atoms with Gasteiger partial charge >= 0.3 is 0 Å². The Kier molecular flexibility index (Phi) is 4.83. The van der Waals surface area contributed by atoms with Gasteiger partial charge in [-0.3, -0.25) is 0 Å². The second-order valence-electron chi connectivity index (χ2n) is 8.85. The molecule has 1 aromatic rings. The maximum Gasteiger partial charge on any atom is 0.183 e. The van der Waals surface area contributed by atoms with Gasteiger partial charge in [0.15, 0.2) is 6.29 Å². The Labute approximate surface area is 162 Å². The van der Waals surface area contributed by atoms with Crippen LogP contribution in [0.15, 0.2) is 48.6 Å². The van der Waals surface area contributed by atoms with E-state index in [1.54, 1.807) is 7.11 Å². The van der Waals surface area contributed by atoms with Gasteiger partial charge in [0.1, 0.15) is 5.75 Å². The first-order chi connectivity index (χ1) is 13.3. The Balaban J connectivity index is 1.23. The van der Waals surface area contributed by atoms with Gasteiger partial charge in [-0.05, 0) is 73.3 Å². The van der Waals surface area contributed by atoms with Crippen LogP contribution in [-0.2, 0) is 9.47 Å². The zero-order valence-corrected chi connectivity index (χ0v) is 16.1. The highest BCUT2D eigenvalue weighted by molar-refractivity contribution is 5.28. The van der Waals surface area contributed by atoms with Crippen molar-refractivity contribution in [1.82, 2.24) is 0 Å². The summed E-state index contributed by atoms with van der Waals surface area (Å²) >= 11 is 0. The molecule has 144 valence electrons. The summed E-state index contributed by atoms with van der Waals surface area (Å²) in [6.07, 6.45) is 14.5. The molecule has 3 nitrogen and oxygen atoms in total. The fourth-order valence-electron chi connectivity index (χ4n) is 5.60. The highest BCUT2D eigenvalue weighted by Gasteiger charge is 2.37. The monoisotopic (exact) mass is 366 g/mol. The molecule has 5 rings (SSSR count). The van der Waals surface area contributed by atoms with Crippen molar-refractivity contribution in [2.75, 3.05) is 20.3 Å². The lowest BCUT2D eigenvalue weighted by atomic mass is 9.94. The van der Waals surface area contributed by atoms with Crippen LogP contribution in [0.3, 0.4) is 0 Å². The minimum absolute atomic E-state index is 0.276. The van der Waals surface area contributed by atoms with E-state index in [9.17, 15) is 0 Å². The molecule has 4 aliphatic carbocycles. The lowest BCUT2D eigenvalue weighted by molar-refractivity contribution is -0.164. The number of benzene rings is 1. The number of hydrogen-bond donors (Lipinski definition) is 0. The maximum absolute atomic E-state index is 6.36. The van der Waals surface area contributed by atoms with Crippen LogP contribution >= 0.6 is 0 Å². The number of rotatable bonds is 8. The van der Waals surface area contributed by atoms with Crippen molar-refractivity contribution in [1.29, 1.82) is 0 Å². The first-order valence-corrected chi connectivity index (χ1v) is 10.5. The van der Waals surface area contributed by atoms with Crippen LogP contribution in [0.25, 0.3) is 0 Å². The molecule has 0 radical (unpaired) electrons. The summed E-state index contributed by atoms with van der Waals surface area (Å²) in [5.41, 5.74) is 1.09. The van der Waals surface area contributed by atoms with E-state index in [1.807, 2.05) is 12.1 Å². The Morgan fingerprint density at radius 1 is 0.778 bits per heavy atom. The van der Waals surface area contributed by atoms with E-state index in [1.165, 1.54) is 25.7 Å². The first kappa shape index (κ1) is 17.5. The number of ether oxygens (including phenoxy) is 3.